The lowest BCUT2D eigenvalue weighted by Crippen LogP contribution is -2.41. The number of hydrogen-bond donors (Lipinski definition) is 1. The van der Waals surface area contributed by atoms with Gasteiger partial charge in [0, 0.05) is 37.4 Å². The Morgan fingerprint density at radius 3 is 2.20 bits per heavy atom. The number of amides is 2. The van der Waals surface area contributed by atoms with Gasteiger partial charge in [0.15, 0.2) is 0 Å². The molecule has 0 spiro atoms. The molecule has 0 radical (unpaired) electrons. The van der Waals surface area contributed by atoms with Crippen molar-refractivity contribution in [2.24, 2.45) is 0 Å². The summed E-state index contributed by atoms with van der Waals surface area (Å²) in [5.74, 6) is -0.0309. The van der Waals surface area contributed by atoms with Crippen LogP contribution in [-0.4, -0.2) is 69.3 Å². The maximum Gasteiger partial charge on any atom is 0.265 e. The number of carbonyl (C=O) groups is 2. The smallest absolute Gasteiger partial charge is 0.265 e. The standard InChI is InChI=1S/C27H29N3O4S/c31-25(29-10-14-33-15-11-29)18-20-6-8-22(9-7-20)28-26(32)24-19-23(21-4-2-1-3-5-21)27(35-24)30-12-16-34-17-13-30/h1-9,19H,10-18H2,(H,28,32). The highest BCUT2D eigenvalue weighted by atomic mass is 32.1. The van der Waals surface area contributed by atoms with Crippen LogP contribution in [0.1, 0.15) is 15.2 Å². The molecule has 1 aromatic heterocycles. The van der Waals surface area contributed by atoms with Gasteiger partial charge < -0.3 is 24.6 Å². The lowest BCUT2D eigenvalue weighted by Gasteiger charge is -2.28. The highest BCUT2D eigenvalue weighted by Gasteiger charge is 2.22. The Kier molecular flexibility index (Phi) is 7.42. The lowest BCUT2D eigenvalue weighted by molar-refractivity contribution is -0.134. The Bertz CT molecular complexity index is 1150. The fourth-order valence-electron chi connectivity index (χ4n) is 4.32. The second-order valence-corrected chi connectivity index (χ2v) is 9.65. The van der Waals surface area contributed by atoms with E-state index in [1.807, 2.05) is 53.4 Å². The third kappa shape index (κ3) is 5.73. The normalized spacial score (nSPS) is 16.2. The van der Waals surface area contributed by atoms with Crippen molar-refractivity contribution < 1.29 is 19.1 Å². The summed E-state index contributed by atoms with van der Waals surface area (Å²) in [4.78, 5) is 30.4. The second kappa shape index (κ2) is 11.0. The number of rotatable bonds is 6. The Balaban J connectivity index is 1.28. The number of hydrogen-bond acceptors (Lipinski definition) is 6. The fourth-order valence-corrected chi connectivity index (χ4v) is 5.44. The van der Waals surface area contributed by atoms with Gasteiger partial charge in [0.1, 0.15) is 0 Å². The van der Waals surface area contributed by atoms with E-state index in [1.54, 1.807) is 0 Å². The van der Waals surface area contributed by atoms with Crippen molar-refractivity contribution in [3.8, 4) is 11.1 Å². The van der Waals surface area contributed by atoms with Gasteiger partial charge in [-0.1, -0.05) is 42.5 Å². The summed E-state index contributed by atoms with van der Waals surface area (Å²) >= 11 is 1.51. The number of nitrogens with zero attached hydrogens (tertiary/aromatic N) is 2. The fraction of sp³-hybridized carbons (Fsp3) is 0.333. The Labute approximate surface area is 209 Å². The van der Waals surface area contributed by atoms with Gasteiger partial charge in [-0.15, -0.1) is 11.3 Å². The predicted octanol–water partition coefficient (Wildman–Crippen LogP) is 3.91. The van der Waals surface area contributed by atoms with E-state index in [0.29, 0.717) is 56.5 Å². The van der Waals surface area contributed by atoms with E-state index in [2.05, 4.69) is 22.3 Å². The molecule has 0 bridgehead atoms. The van der Waals surface area contributed by atoms with Crippen molar-refractivity contribution in [1.29, 1.82) is 0 Å². The summed E-state index contributed by atoms with van der Waals surface area (Å²) in [6, 6.07) is 19.7. The first-order valence-corrected chi connectivity index (χ1v) is 12.8. The average Bonchev–Trinajstić information content (AvgIpc) is 3.37. The van der Waals surface area contributed by atoms with Crippen molar-refractivity contribution >= 4 is 33.8 Å². The van der Waals surface area contributed by atoms with Gasteiger partial charge in [-0.05, 0) is 29.3 Å². The van der Waals surface area contributed by atoms with Crippen LogP contribution in [0.3, 0.4) is 0 Å². The molecule has 3 heterocycles. The predicted molar refractivity (Wildman–Crippen MR) is 138 cm³/mol. The van der Waals surface area contributed by atoms with E-state index in [9.17, 15) is 9.59 Å². The van der Waals surface area contributed by atoms with Gasteiger partial charge >= 0.3 is 0 Å². The van der Waals surface area contributed by atoms with Gasteiger partial charge in [-0.2, -0.15) is 0 Å². The molecule has 2 aliphatic heterocycles. The molecule has 3 aromatic rings. The summed E-state index contributed by atoms with van der Waals surface area (Å²) in [7, 11) is 0. The average molecular weight is 492 g/mol. The van der Waals surface area contributed by atoms with Crippen molar-refractivity contribution in [1.82, 2.24) is 4.90 Å². The zero-order valence-corrected chi connectivity index (χ0v) is 20.4. The summed E-state index contributed by atoms with van der Waals surface area (Å²) < 4.78 is 10.8. The minimum atomic E-state index is -0.135. The highest BCUT2D eigenvalue weighted by molar-refractivity contribution is 7.18. The van der Waals surface area contributed by atoms with Gasteiger partial charge in [0.05, 0.1) is 42.7 Å². The molecule has 5 rings (SSSR count). The first-order valence-electron chi connectivity index (χ1n) is 11.9. The second-order valence-electron chi connectivity index (χ2n) is 8.62. The molecule has 7 nitrogen and oxygen atoms in total. The number of benzene rings is 2. The van der Waals surface area contributed by atoms with Gasteiger partial charge in [-0.3, -0.25) is 9.59 Å². The van der Waals surface area contributed by atoms with Gasteiger partial charge in [0.2, 0.25) is 5.91 Å². The quantitative estimate of drug-likeness (QED) is 0.566. The molecule has 8 heteroatoms. The Morgan fingerprint density at radius 2 is 1.51 bits per heavy atom. The summed E-state index contributed by atoms with van der Waals surface area (Å²) in [6.45, 7) is 5.48. The van der Waals surface area contributed by atoms with Crippen molar-refractivity contribution in [3.05, 3.63) is 71.1 Å². The minimum absolute atomic E-state index is 0.104. The van der Waals surface area contributed by atoms with E-state index in [0.717, 1.165) is 34.8 Å². The molecule has 35 heavy (non-hydrogen) atoms. The number of anilines is 2. The van der Waals surface area contributed by atoms with Crippen LogP contribution in [0.4, 0.5) is 10.7 Å². The molecule has 2 aromatic carbocycles. The number of ether oxygens (including phenoxy) is 2. The maximum atomic E-state index is 13.1. The summed E-state index contributed by atoms with van der Waals surface area (Å²) in [5, 5.41) is 4.11. The van der Waals surface area contributed by atoms with Crippen LogP contribution in [0.25, 0.3) is 11.1 Å². The third-order valence-corrected chi connectivity index (χ3v) is 7.44. The number of nitrogens with one attached hydrogen (secondary N) is 1. The monoisotopic (exact) mass is 491 g/mol. The zero-order valence-electron chi connectivity index (χ0n) is 19.6. The molecule has 2 amide bonds. The zero-order chi connectivity index (χ0) is 24.0. The Morgan fingerprint density at radius 1 is 0.857 bits per heavy atom. The van der Waals surface area contributed by atoms with Crippen LogP contribution in [-0.2, 0) is 20.7 Å². The van der Waals surface area contributed by atoms with Crippen LogP contribution in [0, 0.1) is 0 Å². The molecule has 1 N–H and O–H groups in total. The molecule has 182 valence electrons. The first kappa shape index (κ1) is 23.5. The van der Waals surface area contributed by atoms with E-state index in [4.69, 9.17) is 9.47 Å². The molecule has 0 atom stereocenters. The van der Waals surface area contributed by atoms with Crippen molar-refractivity contribution in [2.45, 2.75) is 6.42 Å². The molecule has 0 aliphatic carbocycles. The van der Waals surface area contributed by atoms with Gasteiger partial charge in [0.25, 0.3) is 5.91 Å². The molecule has 0 unspecified atom stereocenters. The van der Waals surface area contributed by atoms with Crippen LogP contribution >= 0.6 is 11.3 Å². The van der Waals surface area contributed by atoms with E-state index in [-0.39, 0.29) is 11.8 Å². The number of morpholine rings is 2. The molecular formula is C27H29N3O4S. The van der Waals surface area contributed by atoms with E-state index < -0.39 is 0 Å². The molecular weight excluding hydrogens is 462 g/mol. The maximum absolute atomic E-state index is 13.1. The summed E-state index contributed by atoms with van der Waals surface area (Å²) in [5.41, 5.74) is 3.80. The number of thiophene rings is 1. The lowest BCUT2D eigenvalue weighted by atomic mass is 10.1. The SMILES string of the molecule is O=C(Nc1ccc(CC(=O)N2CCOCC2)cc1)c1cc(-c2ccccc2)c(N2CCOCC2)s1. The summed E-state index contributed by atoms with van der Waals surface area (Å²) in [6.07, 6.45) is 0.350. The largest absolute Gasteiger partial charge is 0.378 e. The Hall–Kier alpha value is -3.20. The molecule has 2 aliphatic rings. The van der Waals surface area contributed by atoms with Crippen LogP contribution in [0.5, 0.6) is 0 Å². The third-order valence-electron chi connectivity index (χ3n) is 6.25. The topological polar surface area (TPSA) is 71.1 Å². The molecule has 2 fully saturated rings. The highest BCUT2D eigenvalue weighted by Crippen LogP contribution is 2.39. The minimum Gasteiger partial charge on any atom is -0.378 e. The van der Waals surface area contributed by atoms with E-state index in [1.165, 1.54) is 11.3 Å². The molecule has 2 saturated heterocycles. The molecule has 0 saturated carbocycles. The van der Waals surface area contributed by atoms with Gasteiger partial charge in [-0.25, -0.2) is 0 Å². The first-order chi connectivity index (χ1) is 17.2. The van der Waals surface area contributed by atoms with Crippen LogP contribution < -0.4 is 10.2 Å². The van der Waals surface area contributed by atoms with Crippen molar-refractivity contribution in [3.63, 3.8) is 0 Å². The van der Waals surface area contributed by atoms with Crippen LogP contribution in [0.2, 0.25) is 0 Å². The van der Waals surface area contributed by atoms with Crippen LogP contribution in [0.15, 0.2) is 60.7 Å². The number of carbonyl (C=O) groups excluding carboxylic acids is 2. The van der Waals surface area contributed by atoms with Crippen molar-refractivity contribution in [2.75, 3.05) is 62.8 Å². The van der Waals surface area contributed by atoms with E-state index >= 15 is 0 Å².